The molecule has 8 nitrogen and oxygen atoms in total. The zero-order chi connectivity index (χ0) is 26.6. The van der Waals surface area contributed by atoms with Crippen molar-refractivity contribution in [1.29, 1.82) is 0 Å². The van der Waals surface area contributed by atoms with E-state index in [1.54, 1.807) is 6.20 Å². The minimum Gasteiger partial charge on any atom is -0.369 e. The smallest absolute Gasteiger partial charge is 0.228 e. The predicted molar refractivity (Wildman–Crippen MR) is 152 cm³/mol. The number of hydrogen-bond acceptors (Lipinski definition) is 6. The Morgan fingerprint density at radius 2 is 1.82 bits per heavy atom. The van der Waals surface area contributed by atoms with Crippen molar-refractivity contribution in [3.63, 3.8) is 0 Å². The zero-order valence-corrected chi connectivity index (χ0v) is 21.7. The van der Waals surface area contributed by atoms with Gasteiger partial charge in [-0.1, -0.05) is 66.7 Å². The first-order chi connectivity index (χ1) is 19.1. The van der Waals surface area contributed by atoms with Gasteiger partial charge in [-0.25, -0.2) is 0 Å². The van der Waals surface area contributed by atoms with Gasteiger partial charge in [0.25, 0.3) is 0 Å². The normalized spacial score (nSPS) is 14.9. The highest BCUT2D eigenvalue weighted by Crippen LogP contribution is 2.39. The fraction of sp³-hybridized carbons (Fsp3) is 0.194. The van der Waals surface area contributed by atoms with Crippen LogP contribution in [0.1, 0.15) is 29.2 Å². The van der Waals surface area contributed by atoms with Gasteiger partial charge in [-0.15, -0.1) is 10.2 Å². The van der Waals surface area contributed by atoms with Crippen LogP contribution in [0, 0.1) is 6.92 Å². The van der Waals surface area contributed by atoms with Crippen molar-refractivity contribution < 1.29 is 4.79 Å². The van der Waals surface area contributed by atoms with Gasteiger partial charge in [-0.2, -0.15) is 5.21 Å². The number of benzene rings is 3. The molecule has 6 rings (SSSR count). The number of amides is 1. The molecule has 194 valence electrons. The molecular formula is C31H29N7O. The Morgan fingerprint density at radius 1 is 1.00 bits per heavy atom. The van der Waals surface area contributed by atoms with E-state index >= 15 is 0 Å². The third-order valence-corrected chi connectivity index (χ3v) is 7.23. The van der Waals surface area contributed by atoms with Gasteiger partial charge in [0.05, 0.1) is 17.8 Å². The van der Waals surface area contributed by atoms with Gasteiger partial charge in [0.1, 0.15) is 0 Å². The maximum atomic E-state index is 13.2. The minimum atomic E-state index is -0.0793. The van der Waals surface area contributed by atoms with Crippen LogP contribution in [0.2, 0.25) is 0 Å². The third-order valence-electron chi connectivity index (χ3n) is 7.23. The van der Waals surface area contributed by atoms with E-state index < -0.39 is 0 Å². The maximum absolute atomic E-state index is 13.2. The summed E-state index contributed by atoms with van der Waals surface area (Å²) in [6, 6.07) is 28.7. The van der Waals surface area contributed by atoms with Crippen LogP contribution < -0.4 is 10.2 Å². The second-order valence-electron chi connectivity index (χ2n) is 9.89. The summed E-state index contributed by atoms with van der Waals surface area (Å²) >= 11 is 0. The quantitative estimate of drug-likeness (QED) is 0.301. The lowest BCUT2D eigenvalue weighted by atomic mass is 9.97. The fourth-order valence-electron chi connectivity index (χ4n) is 5.24. The summed E-state index contributed by atoms with van der Waals surface area (Å²) in [4.78, 5) is 19.9. The van der Waals surface area contributed by atoms with Crippen LogP contribution in [0.25, 0.3) is 22.5 Å². The van der Waals surface area contributed by atoms with Gasteiger partial charge in [-0.3, -0.25) is 9.78 Å². The molecule has 0 radical (unpaired) electrons. The fourth-order valence-corrected chi connectivity index (χ4v) is 5.24. The van der Waals surface area contributed by atoms with Gasteiger partial charge < -0.3 is 10.2 Å². The van der Waals surface area contributed by atoms with Crippen molar-refractivity contribution in [3.8, 4) is 22.5 Å². The van der Waals surface area contributed by atoms with Crippen molar-refractivity contribution in [3.05, 3.63) is 108 Å². The van der Waals surface area contributed by atoms with E-state index in [-0.39, 0.29) is 12.3 Å². The molecule has 39 heavy (non-hydrogen) atoms. The summed E-state index contributed by atoms with van der Waals surface area (Å²) in [6.45, 7) is 3.75. The highest BCUT2D eigenvalue weighted by atomic mass is 16.1. The van der Waals surface area contributed by atoms with Crippen LogP contribution >= 0.6 is 0 Å². The molecule has 3 heterocycles. The molecule has 3 aromatic carbocycles. The molecule has 8 heteroatoms. The minimum absolute atomic E-state index is 0.0793. The third kappa shape index (κ3) is 5.40. The van der Waals surface area contributed by atoms with E-state index in [4.69, 9.17) is 0 Å². The summed E-state index contributed by atoms with van der Waals surface area (Å²) in [5, 5.41) is 17.8. The Kier molecular flexibility index (Phi) is 6.82. The maximum Gasteiger partial charge on any atom is 0.228 e. The molecule has 2 aromatic heterocycles. The first-order valence-corrected chi connectivity index (χ1v) is 13.1. The predicted octanol–water partition coefficient (Wildman–Crippen LogP) is 5.41. The summed E-state index contributed by atoms with van der Waals surface area (Å²) < 4.78 is 0. The Bertz CT molecular complexity index is 1570. The molecule has 0 bridgehead atoms. The molecule has 0 spiro atoms. The molecule has 1 unspecified atom stereocenters. The Morgan fingerprint density at radius 3 is 2.59 bits per heavy atom. The number of carbonyl (C=O) groups is 1. The van der Waals surface area contributed by atoms with Gasteiger partial charge in [0.2, 0.25) is 11.7 Å². The number of carbonyl (C=O) groups excluding carboxylic acids is 1. The number of aromatic nitrogens is 5. The van der Waals surface area contributed by atoms with Crippen LogP contribution in [0.4, 0.5) is 11.4 Å². The lowest BCUT2D eigenvalue weighted by molar-refractivity contribution is -0.115. The molecular weight excluding hydrogens is 486 g/mol. The standard InChI is InChI=1S/C31H29N7O/c1-21-11-12-22(19-32-21)17-30(39)33-28-18-24(26-9-5-6-10-27(26)31-34-36-37-35-31)13-14-29(28)38-16-15-25(20-38)23-7-3-2-4-8-23/h2-14,18-19,25H,15-17,20H2,1H3,(H,33,39)(H,34,35,36,37). The number of aryl methyl sites for hydroxylation is 1. The molecule has 1 aliphatic rings. The van der Waals surface area contributed by atoms with E-state index in [9.17, 15) is 4.79 Å². The highest BCUT2D eigenvalue weighted by Gasteiger charge is 2.26. The molecule has 0 aliphatic carbocycles. The molecule has 1 fully saturated rings. The number of nitrogens with one attached hydrogen (secondary N) is 2. The Hall–Kier alpha value is -4.85. The highest BCUT2D eigenvalue weighted by molar-refractivity contribution is 5.97. The number of tetrazole rings is 1. The number of nitrogens with zero attached hydrogens (tertiary/aromatic N) is 5. The molecule has 1 aliphatic heterocycles. The van der Waals surface area contributed by atoms with Gasteiger partial charge in [0.15, 0.2) is 0 Å². The number of pyridine rings is 1. The van der Waals surface area contributed by atoms with Crippen LogP contribution in [0.3, 0.4) is 0 Å². The van der Waals surface area contributed by atoms with Crippen molar-refractivity contribution in [2.45, 2.75) is 25.7 Å². The number of aromatic amines is 1. The summed E-state index contributed by atoms with van der Waals surface area (Å²) in [7, 11) is 0. The average molecular weight is 516 g/mol. The molecule has 0 saturated carbocycles. The van der Waals surface area contributed by atoms with Crippen molar-refractivity contribution in [2.24, 2.45) is 0 Å². The average Bonchev–Trinajstić information content (AvgIpc) is 3.68. The van der Waals surface area contributed by atoms with Crippen LogP contribution in [-0.4, -0.2) is 44.6 Å². The second kappa shape index (κ2) is 10.9. The molecule has 1 atom stereocenters. The molecule has 5 aromatic rings. The van der Waals surface area contributed by atoms with E-state index in [1.807, 2.05) is 43.3 Å². The summed E-state index contributed by atoms with van der Waals surface area (Å²) in [5.41, 5.74) is 7.76. The lowest BCUT2D eigenvalue weighted by Crippen LogP contribution is -2.23. The Balaban J connectivity index is 1.33. The van der Waals surface area contributed by atoms with Gasteiger partial charge in [-0.05, 0) is 59.0 Å². The number of hydrogen-bond donors (Lipinski definition) is 2. The van der Waals surface area contributed by atoms with Crippen LogP contribution in [0.15, 0.2) is 91.1 Å². The van der Waals surface area contributed by atoms with Crippen molar-refractivity contribution in [2.75, 3.05) is 23.3 Å². The van der Waals surface area contributed by atoms with Gasteiger partial charge in [0, 0.05) is 36.5 Å². The topological polar surface area (TPSA) is 99.7 Å². The SMILES string of the molecule is Cc1ccc(CC(=O)Nc2cc(-c3ccccc3-c3nn[nH]n3)ccc2N2CCC(c3ccccc3)C2)cn1. The second-order valence-corrected chi connectivity index (χ2v) is 9.89. The molecule has 2 N–H and O–H groups in total. The number of H-pyrrole nitrogens is 1. The summed E-state index contributed by atoms with van der Waals surface area (Å²) in [6.07, 6.45) is 3.08. The first kappa shape index (κ1) is 24.5. The van der Waals surface area contributed by atoms with E-state index in [0.717, 1.165) is 58.8 Å². The van der Waals surface area contributed by atoms with E-state index in [2.05, 4.69) is 84.4 Å². The van der Waals surface area contributed by atoms with Crippen molar-refractivity contribution >= 4 is 17.3 Å². The Labute approximate surface area is 227 Å². The summed E-state index contributed by atoms with van der Waals surface area (Å²) in [5.74, 6) is 0.897. The lowest BCUT2D eigenvalue weighted by Gasteiger charge is -2.24. The van der Waals surface area contributed by atoms with Crippen LogP contribution in [-0.2, 0) is 11.2 Å². The van der Waals surface area contributed by atoms with Gasteiger partial charge >= 0.3 is 0 Å². The van der Waals surface area contributed by atoms with Crippen LogP contribution in [0.5, 0.6) is 0 Å². The monoisotopic (exact) mass is 515 g/mol. The first-order valence-electron chi connectivity index (χ1n) is 13.1. The van der Waals surface area contributed by atoms with E-state index in [1.165, 1.54) is 5.56 Å². The van der Waals surface area contributed by atoms with E-state index in [0.29, 0.717) is 11.7 Å². The zero-order valence-electron chi connectivity index (χ0n) is 21.7. The number of rotatable bonds is 7. The largest absolute Gasteiger partial charge is 0.369 e. The van der Waals surface area contributed by atoms with Crippen molar-refractivity contribution in [1.82, 2.24) is 25.6 Å². The number of anilines is 2. The molecule has 1 saturated heterocycles. The molecule has 1 amide bonds.